The van der Waals surface area contributed by atoms with Gasteiger partial charge in [-0.15, -0.1) is 0 Å². The second-order valence-electron chi connectivity index (χ2n) is 5.80. The number of amides is 2. The molecule has 1 fully saturated rings. The average Bonchev–Trinajstić information content (AvgIpc) is 3.00. The molecule has 5 nitrogen and oxygen atoms in total. The number of hydrogen-bond donors (Lipinski definition) is 1. The Balaban J connectivity index is 1.89. The first-order valence-electron chi connectivity index (χ1n) is 7.90. The molecule has 0 saturated carbocycles. The summed E-state index contributed by atoms with van der Waals surface area (Å²) in [6.45, 7) is 3.86. The summed E-state index contributed by atoms with van der Waals surface area (Å²) in [5.41, 5.74) is 6.79. The van der Waals surface area contributed by atoms with E-state index in [2.05, 4.69) is 0 Å². The molecule has 0 aliphatic carbocycles. The highest BCUT2D eigenvalue weighted by molar-refractivity contribution is 5.78. The Morgan fingerprint density at radius 2 is 2.05 bits per heavy atom. The maximum atomic E-state index is 12.3. The zero-order chi connectivity index (χ0) is 15.9. The van der Waals surface area contributed by atoms with Gasteiger partial charge in [0.2, 0.25) is 11.8 Å². The maximum absolute atomic E-state index is 12.3. The molecule has 1 aliphatic rings. The molecule has 120 valence electrons. The van der Waals surface area contributed by atoms with Gasteiger partial charge in [-0.25, -0.2) is 0 Å². The highest BCUT2D eigenvalue weighted by Crippen LogP contribution is 2.17. The highest BCUT2D eigenvalue weighted by Gasteiger charge is 2.27. The van der Waals surface area contributed by atoms with Crippen molar-refractivity contribution < 1.29 is 9.59 Å². The fourth-order valence-electron chi connectivity index (χ4n) is 2.93. The fourth-order valence-corrected chi connectivity index (χ4v) is 2.93. The van der Waals surface area contributed by atoms with Crippen molar-refractivity contribution >= 4 is 11.8 Å². The third-order valence-electron chi connectivity index (χ3n) is 4.23. The fraction of sp³-hybridized carbons (Fsp3) is 0.529. The molecule has 0 bridgehead atoms. The topological polar surface area (TPSA) is 66.6 Å². The van der Waals surface area contributed by atoms with E-state index in [0.717, 1.165) is 24.9 Å². The van der Waals surface area contributed by atoms with Crippen LogP contribution in [0.4, 0.5) is 0 Å². The van der Waals surface area contributed by atoms with E-state index in [1.54, 1.807) is 11.8 Å². The summed E-state index contributed by atoms with van der Waals surface area (Å²) in [5.74, 6) is 0.0979. The molecule has 0 radical (unpaired) electrons. The van der Waals surface area contributed by atoms with Crippen molar-refractivity contribution in [2.75, 3.05) is 19.6 Å². The molecular weight excluding hydrogens is 278 g/mol. The molecule has 1 unspecified atom stereocenters. The summed E-state index contributed by atoms with van der Waals surface area (Å²) in [5, 5.41) is 0. The van der Waals surface area contributed by atoms with E-state index < -0.39 is 0 Å². The Morgan fingerprint density at radius 1 is 1.32 bits per heavy atom. The van der Waals surface area contributed by atoms with Crippen molar-refractivity contribution in [3.8, 4) is 0 Å². The molecule has 2 rings (SSSR count). The van der Waals surface area contributed by atoms with Crippen LogP contribution >= 0.6 is 0 Å². The first-order chi connectivity index (χ1) is 10.6. The molecule has 1 saturated heterocycles. The lowest BCUT2D eigenvalue weighted by Crippen LogP contribution is -2.41. The third kappa shape index (κ3) is 4.31. The molecule has 1 aromatic carbocycles. The van der Waals surface area contributed by atoms with Gasteiger partial charge < -0.3 is 15.5 Å². The Morgan fingerprint density at radius 3 is 2.68 bits per heavy atom. The Labute approximate surface area is 132 Å². The lowest BCUT2D eigenvalue weighted by atomic mass is 10.2. The second kappa shape index (κ2) is 7.94. The summed E-state index contributed by atoms with van der Waals surface area (Å²) in [4.78, 5) is 27.7. The zero-order valence-corrected chi connectivity index (χ0v) is 13.2. The molecule has 1 aliphatic heterocycles. The minimum absolute atomic E-state index is 0.00606. The molecule has 22 heavy (non-hydrogen) atoms. The molecule has 0 spiro atoms. The van der Waals surface area contributed by atoms with Crippen molar-refractivity contribution in [2.45, 2.75) is 38.8 Å². The van der Waals surface area contributed by atoms with Crippen LogP contribution in [0.1, 0.15) is 31.7 Å². The van der Waals surface area contributed by atoms with Gasteiger partial charge in [0.25, 0.3) is 0 Å². The van der Waals surface area contributed by atoms with Gasteiger partial charge >= 0.3 is 0 Å². The number of rotatable bonds is 6. The molecule has 1 atom stereocenters. The van der Waals surface area contributed by atoms with E-state index in [4.69, 9.17) is 5.73 Å². The first-order valence-corrected chi connectivity index (χ1v) is 7.90. The van der Waals surface area contributed by atoms with E-state index in [1.165, 1.54) is 0 Å². The summed E-state index contributed by atoms with van der Waals surface area (Å²) in [7, 11) is 0. The van der Waals surface area contributed by atoms with Crippen LogP contribution in [0.15, 0.2) is 30.3 Å². The number of carbonyl (C=O) groups excluding carboxylic acids is 2. The summed E-state index contributed by atoms with van der Waals surface area (Å²) >= 11 is 0. The average molecular weight is 303 g/mol. The molecule has 2 amide bonds. The van der Waals surface area contributed by atoms with Gasteiger partial charge in [0.15, 0.2) is 0 Å². The predicted molar refractivity (Wildman–Crippen MR) is 85.9 cm³/mol. The van der Waals surface area contributed by atoms with Crippen LogP contribution in [0.3, 0.4) is 0 Å². The van der Waals surface area contributed by atoms with Crippen molar-refractivity contribution in [1.82, 2.24) is 9.80 Å². The van der Waals surface area contributed by atoms with E-state index in [0.29, 0.717) is 26.1 Å². The van der Waals surface area contributed by atoms with Crippen LogP contribution < -0.4 is 5.73 Å². The van der Waals surface area contributed by atoms with Crippen molar-refractivity contribution in [1.29, 1.82) is 0 Å². The smallest absolute Gasteiger partial charge is 0.224 e. The van der Waals surface area contributed by atoms with Gasteiger partial charge in [-0.05, 0) is 18.4 Å². The predicted octanol–water partition coefficient (Wildman–Crippen LogP) is 1.37. The van der Waals surface area contributed by atoms with Gasteiger partial charge in [0.1, 0.15) is 0 Å². The quantitative estimate of drug-likeness (QED) is 0.863. The van der Waals surface area contributed by atoms with Gasteiger partial charge in [0.05, 0.1) is 0 Å². The van der Waals surface area contributed by atoms with Gasteiger partial charge in [-0.1, -0.05) is 30.3 Å². The Bertz CT molecular complexity index is 504. The largest absolute Gasteiger partial charge is 0.338 e. The normalized spacial score (nSPS) is 17.5. The van der Waals surface area contributed by atoms with Crippen molar-refractivity contribution in [2.24, 2.45) is 5.73 Å². The minimum Gasteiger partial charge on any atom is -0.338 e. The first kappa shape index (κ1) is 16.5. The molecular formula is C17H25N3O2. The maximum Gasteiger partial charge on any atom is 0.224 e. The Kier molecular flexibility index (Phi) is 5.95. The standard InChI is InChI=1S/C17H25N3O2/c1-14(21)19(13-15-6-3-2-4-7-15)11-9-17(22)20-10-5-8-16(20)12-18/h2-4,6-7,16H,5,8-13,18H2,1H3. The van der Waals surface area contributed by atoms with Crippen LogP contribution in [0.5, 0.6) is 0 Å². The summed E-state index contributed by atoms with van der Waals surface area (Å²) in [6.07, 6.45) is 2.37. The molecule has 0 aromatic heterocycles. The number of likely N-dealkylation sites (tertiary alicyclic amines) is 1. The molecule has 1 aromatic rings. The zero-order valence-electron chi connectivity index (χ0n) is 13.2. The van der Waals surface area contributed by atoms with Gasteiger partial charge in [0, 0.05) is 45.6 Å². The number of benzene rings is 1. The van der Waals surface area contributed by atoms with Crippen molar-refractivity contribution in [3.05, 3.63) is 35.9 Å². The lowest BCUT2D eigenvalue weighted by molar-refractivity contribution is -0.134. The number of nitrogens with two attached hydrogens (primary N) is 1. The summed E-state index contributed by atoms with van der Waals surface area (Å²) < 4.78 is 0. The number of nitrogens with zero attached hydrogens (tertiary/aromatic N) is 2. The van der Waals surface area contributed by atoms with E-state index in [9.17, 15) is 9.59 Å². The van der Waals surface area contributed by atoms with E-state index >= 15 is 0 Å². The van der Waals surface area contributed by atoms with Crippen LogP contribution in [0, 0.1) is 0 Å². The van der Waals surface area contributed by atoms with Crippen LogP contribution in [-0.4, -0.2) is 47.3 Å². The second-order valence-corrected chi connectivity index (χ2v) is 5.80. The van der Waals surface area contributed by atoms with Crippen LogP contribution in [0.2, 0.25) is 0 Å². The third-order valence-corrected chi connectivity index (χ3v) is 4.23. The number of hydrogen-bond acceptors (Lipinski definition) is 3. The highest BCUT2D eigenvalue weighted by atomic mass is 16.2. The SMILES string of the molecule is CC(=O)N(CCC(=O)N1CCCC1CN)Cc1ccccc1. The van der Waals surface area contributed by atoms with E-state index in [-0.39, 0.29) is 17.9 Å². The van der Waals surface area contributed by atoms with Crippen molar-refractivity contribution in [3.63, 3.8) is 0 Å². The van der Waals surface area contributed by atoms with E-state index in [1.807, 2.05) is 35.2 Å². The van der Waals surface area contributed by atoms with Gasteiger partial charge in [-0.3, -0.25) is 9.59 Å². The summed E-state index contributed by atoms with van der Waals surface area (Å²) in [6, 6.07) is 10.0. The van der Waals surface area contributed by atoms with Crippen LogP contribution in [-0.2, 0) is 16.1 Å². The monoisotopic (exact) mass is 303 g/mol. The molecule has 1 heterocycles. The molecule has 5 heteroatoms. The minimum atomic E-state index is -0.00606. The van der Waals surface area contributed by atoms with Gasteiger partial charge in [-0.2, -0.15) is 0 Å². The molecule has 2 N–H and O–H groups in total. The van der Waals surface area contributed by atoms with Crippen LogP contribution in [0.25, 0.3) is 0 Å². The number of carbonyl (C=O) groups is 2. The lowest BCUT2D eigenvalue weighted by Gasteiger charge is -2.26. The Hall–Kier alpha value is -1.88.